The zero-order valence-electron chi connectivity index (χ0n) is 12.4. The van der Waals surface area contributed by atoms with Crippen molar-refractivity contribution in [2.75, 3.05) is 32.1 Å². The van der Waals surface area contributed by atoms with Crippen LogP contribution in [0.5, 0.6) is 0 Å². The lowest BCUT2D eigenvalue weighted by molar-refractivity contribution is -0.121. The first-order valence-electron chi connectivity index (χ1n) is 6.76. The van der Waals surface area contributed by atoms with Crippen molar-refractivity contribution in [3.05, 3.63) is 29.8 Å². The molecule has 0 radical (unpaired) electrons. The summed E-state index contributed by atoms with van der Waals surface area (Å²) in [5, 5.41) is 5.44. The van der Waals surface area contributed by atoms with Gasteiger partial charge >= 0.3 is 0 Å². The van der Waals surface area contributed by atoms with Gasteiger partial charge in [-0.2, -0.15) is 0 Å². The van der Waals surface area contributed by atoms with Gasteiger partial charge in [-0.15, -0.1) is 0 Å². The maximum absolute atomic E-state index is 11.5. The summed E-state index contributed by atoms with van der Waals surface area (Å²) in [4.78, 5) is 24.2. The van der Waals surface area contributed by atoms with Gasteiger partial charge in [-0.3, -0.25) is 9.59 Å². The zero-order chi connectivity index (χ0) is 15.0. The van der Waals surface area contributed by atoms with E-state index < -0.39 is 0 Å². The number of hydrogen-bond acceptors (Lipinski definition) is 3. The minimum atomic E-state index is -0.112. The molecule has 0 spiro atoms. The Kier molecular flexibility index (Phi) is 6.56. The highest BCUT2D eigenvalue weighted by atomic mass is 16.2. The smallest absolute Gasteiger partial charge is 0.221 e. The highest BCUT2D eigenvalue weighted by Crippen LogP contribution is 2.12. The van der Waals surface area contributed by atoms with Gasteiger partial charge in [-0.05, 0) is 24.1 Å². The highest BCUT2D eigenvalue weighted by molar-refractivity contribution is 5.77. The van der Waals surface area contributed by atoms with E-state index in [0.29, 0.717) is 19.5 Å². The standard InChI is InChI=1S/C15H23N3O2/c1-12(19)16-11-9-15(20)17-10-8-13-4-6-14(7-5-13)18(2)3/h4-7H,8-11H2,1-3H3,(H,16,19)(H,17,20). The van der Waals surface area contributed by atoms with E-state index in [1.807, 2.05) is 19.0 Å². The van der Waals surface area contributed by atoms with E-state index >= 15 is 0 Å². The number of hydrogen-bond donors (Lipinski definition) is 2. The van der Waals surface area contributed by atoms with Crippen LogP contribution in [0.25, 0.3) is 0 Å². The molecule has 0 unspecified atom stereocenters. The molecule has 0 aliphatic heterocycles. The van der Waals surface area contributed by atoms with Crippen LogP contribution >= 0.6 is 0 Å². The maximum atomic E-state index is 11.5. The molecule has 0 aromatic heterocycles. The van der Waals surface area contributed by atoms with Crippen molar-refractivity contribution >= 4 is 17.5 Å². The predicted octanol–water partition coefficient (Wildman–Crippen LogP) is 0.938. The van der Waals surface area contributed by atoms with Crippen LogP contribution in [0.2, 0.25) is 0 Å². The molecule has 0 aliphatic carbocycles. The van der Waals surface area contributed by atoms with E-state index in [-0.39, 0.29) is 11.8 Å². The average molecular weight is 277 g/mol. The Labute approximate surface area is 120 Å². The van der Waals surface area contributed by atoms with Gasteiger partial charge in [0.15, 0.2) is 0 Å². The molecule has 0 saturated heterocycles. The molecule has 1 rings (SSSR count). The molecule has 5 nitrogen and oxygen atoms in total. The molecule has 0 heterocycles. The van der Waals surface area contributed by atoms with Crippen molar-refractivity contribution in [1.29, 1.82) is 0 Å². The SMILES string of the molecule is CC(=O)NCCC(=O)NCCc1ccc(N(C)C)cc1. The van der Waals surface area contributed by atoms with Crippen molar-refractivity contribution in [2.45, 2.75) is 19.8 Å². The molecule has 2 amide bonds. The van der Waals surface area contributed by atoms with Crippen molar-refractivity contribution in [2.24, 2.45) is 0 Å². The number of carbonyl (C=O) groups is 2. The van der Waals surface area contributed by atoms with Crippen LogP contribution in [-0.4, -0.2) is 39.0 Å². The Bertz CT molecular complexity index is 441. The van der Waals surface area contributed by atoms with Gasteiger partial charge in [-0.1, -0.05) is 12.1 Å². The lowest BCUT2D eigenvalue weighted by Crippen LogP contribution is -2.30. The van der Waals surface area contributed by atoms with Crippen molar-refractivity contribution in [1.82, 2.24) is 10.6 Å². The fourth-order valence-electron chi connectivity index (χ4n) is 1.75. The molecular weight excluding hydrogens is 254 g/mol. The molecular formula is C15H23N3O2. The third-order valence-electron chi connectivity index (χ3n) is 2.91. The van der Waals surface area contributed by atoms with Crippen molar-refractivity contribution < 1.29 is 9.59 Å². The molecule has 5 heteroatoms. The summed E-state index contributed by atoms with van der Waals surface area (Å²) >= 11 is 0. The third-order valence-corrected chi connectivity index (χ3v) is 2.91. The van der Waals surface area contributed by atoms with E-state index in [4.69, 9.17) is 0 Å². The van der Waals surface area contributed by atoms with E-state index in [1.165, 1.54) is 12.5 Å². The Morgan fingerprint density at radius 3 is 2.25 bits per heavy atom. The lowest BCUT2D eigenvalue weighted by atomic mass is 10.1. The molecule has 1 aromatic carbocycles. The lowest BCUT2D eigenvalue weighted by Gasteiger charge is -2.12. The minimum Gasteiger partial charge on any atom is -0.378 e. The topological polar surface area (TPSA) is 61.4 Å². The Hall–Kier alpha value is -2.04. The monoisotopic (exact) mass is 277 g/mol. The van der Waals surface area contributed by atoms with Gasteiger partial charge in [0.2, 0.25) is 11.8 Å². The summed E-state index contributed by atoms with van der Waals surface area (Å²) < 4.78 is 0. The molecule has 0 atom stereocenters. The summed E-state index contributed by atoms with van der Waals surface area (Å²) in [6.45, 7) is 2.44. The largest absolute Gasteiger partial charge is 0.378 e. The van der Waals surface area contributed by atoms with Crippen LogP contribution in [0.3, 0.4) is 0 Å². The number of amides is 2. The van der Waals surface area contributed by atoms with E-state index in [9.17, 15) is 9.59 Å². The fraction of sp³-hybridized carbons (Fsp3) is 0.467. The molecule has 20 heavy (non-hydrogen) atoms. The van der Waals surface area contributed by atoms with E-state index in [2.05, 4.69) is 34.9 Å². The average Bonchev–Trinajstić information content (AvgIpc) is 2.39. The van der Waals surface area contributed by atoms with Gasteiger partial charge < -0.3 is 15.5 Å². The van der Waals surface area contributed by atoms with Crippen LogP contribution in [-0.2, 0) is 16.0 Å². The highest BCUT2D eigenvalue weighted by Gasteiger charge is 2.02. The Morgan fingerprint density at radius 2 is 1.70 bits per heavy atom. The van der Waals surface area contributed by atoms with Crippen LogP contribution in [0.1, 0.15) is 18.9 Å². The minimum absolute atomic E-state index is 0.0383. The summed E-state index contributed by atoms with van der Waals surface area (Å²) in [5.41, 5.74) is 2.35. The number of benzene rings is 1. The fourth-order valence-corrected chi connectivity index (χ4v) is 1.75. The van der Waals surface area contributed by atoms with Crippen LogP contribution in [0.15, 0.2) is 24.3 Å². The number of carbonyl (C=O) groups excluding carboxylic acids is 2. The first-order chi connectivity index (χ1) is 9.49. The second-order valence-electron chi connectivity index (χ2n) is 4.89. The second kappa shape index (κ2) is 8.19. The Morgan fingerprint density at radius 1 is 1.05 bits per heavy atom. The summed E-state index contributed by atoms with van der Waals surface area (Å²) in [7, 11) is 4.01. The summed E-state index contributed by atoms with van der Waals surface area (Å²) in [5.74, 6) is -0.151. The first kappa shape index (κ1) is 16.0. The molecule has 110 valence electrons. The molecule has 0 saturated carbocycles. The van der Waals surface area contributed by atoms with E-state index in [0.717, 1.165) is 12.1 Å². The van der Waals surface area contributed by atoms with Crippen molar-refractivity contribution in [3.63, 3.8) is 0 Å². The number of nitrogens with one attached hydrogen (secondary N) is 2. The zero-order valence-corrected chi connectivity index (χ0v) is 12.4. The maximum Gasteiger partial charge on any atom is 0.221 e. The quantitative estimate of drug-likeness (QED) is 0.779. The third kappa shape index (κ3) is 6.22. The molecule has 0 fully saturated rings. The molecule has 0 aliphatic rings. The van der Waals surface area contributed by atoms with Gasteiger partial charge in [0.05, 0.1) is 0 Å². The number of rotatable bonds is 7. The van der Waals surface area contributed by atoms with E-state index in [1.54, 1.807) is 0 Å². The molecule has 0 bridgehead atoms. The Balaban J connectivity index is 2.23. The summed E-state index contributed by atoms with van der Waals surface area (Å²) in [6.07, 6.45) is 1.12. The molecule has 2 N–H and O–H groups in total. The van der Waals surface area contributed by atoms with Crippen LogP contribution < -0.4 is 15.5 Å². The van der Waals surface area contributed by atoms with Gasteiger partial charge in [0, 0.05) is 46.2 Å². The second-order valence-corrected chi connectivity index (χ2v) is 4.89. The van der Waals surface area contributed by atoms with Gasteiger partial charge in [0.25, 0.3) is 0 Å². The van der Waals surface area contributed by atoms with Crippen molar-refractivity contribution in [3.8, 4) is 0 Å². The van der Waals surface area contributed by atoms with Crippen LogP contribution in [0.4, 0.5) is 5.69 Å². The van der Waals surface area contributed by atoms with Gasteiger partial charge in [-0.25, -0.2) is 0 Å². The first-order valence-corrected chi connectivity index (χ1v) is 6.76. The predicted molar refractivity (Wildman–Crippen MR) is 80.8 cm³/mol. The summed E-state index contributed by atoms with van der Waals surface area (Å²) in [6, 6.07) is 8.26. The normalized spacial score (nSPS) is 9.95. The molecule has 1 aromatic rings. The van der Waals surface area contributed by atoms with Gasteiger partial charge in [0.1, 0.15) is 0 Å². The number of anilines is 1. The van der Waals surface area contributed by atoms with Crippen LogP contribution in [0, 0.1) is 0 Å². The number of nitrogens with zero attached hydrogens (tertiary/aromatic N) is 1.